The molecular weight excluding hydrogens is 194 g/mol. The number of nitrogens with one attached hydrogen (secondary N) is 1. The van der Waals surface area contributed by atoms with Crippen molar-refractivity contribution in [2.75, 3.05) is 13.1 Å². The van der Waals surface area contributed by atoms with Crippen LogP contribution < -0.4 is 5.32 Å². The van der Waals surface area contributed by atoms with Gasteiger partial charge in [0.2, 0.25) is 0 Å². The summed E-state index contributed by atoms with van der Waals surface area (Å²) in [6.07, 6.45) is 2.51. The van der Waals surface area contributed by atoms with Gasteiger partial charge in [0.15, 0.2) is 0 Å². The van der Waals surface area contributed by atoms with Crippen LogP contribution in [0.1, 0.15) is 31.9 Å². The Morgan fingerprint density at radius 1 is 1.12 bits per heavy atom. The summed E-state index contributed by atoms with van der Waals surface area (Å²) < 4.78 is 0. The van der Waals surface area contributed by atoms with E-state index >= 15 is 0 Å². The zero-order valence-corrected chi connectivity index (χ0v) is 10.7. The third-order valence-electron chi connectivity index (χ3n) is 3.22. The van der Waals surface area contributed by atoms with Crippen molar-refractivity contribution in [3.63, 3.8) is 0 Å². The topological polar surface area (TPSA) is 12.0 Å². The SMILES string of the molecule is CC(C)(C)CNCC1Cc2ccccc2C1. The maximum atomic E-state index is 3.60. The molecule has 0 saturated carbocycles. The second-order valence-corrected chi connectivity index (χ2v) is 6.23. The number of fused-ring (bicyclic) bond motifs is 1. The average Bonchev–Trinajstić information content (AvgIpc) is 2.57. The van der Waals surface area contributed by atoms with Gasteiger partial charge in [-0.25, -0.2) is 0 Å². The van der Waals surface area contributed by atoms with Crippen molar-refractivity contribution >= 4 is 0 Å². The molecule has 0 atom stereocenters. The summed E-state index contributed by atoms with van der Waals surface area (Å²) in [5, 5.41) is 3.60. The van der Waals surface area contributed by atoms with Gasteiger partial charge in [0.05, 0.1) is 0 Å². The molecule has 0 bridgehead atoms. The summed E-state index contributed by atoms with van der Waals surface area (Å²) in [5.41, 5.74) is 3.51. The number of rotatable bonds is 3. The fourth-order valence-corrected chi connectivity index (χ4v) is 2.45. The van der Waals surface area contributed by atoms with Gasteiger partial charge in [0.25, 0.3) is 0 Å². The van der Waals surface area contributed by atoms with Gasteiger partial charge in [-0.15, -0.1) is 0 Å². The molecule has 1 aromatic rings. The second-order valence-electron chi connectivity index (χ2n) is 6.23. The van der Waals surface area contributed by atoms with E-state index in [4.69, 9.17) is 0 Å². The van der Waals surface area contributed by atoms with E-state index in [0.29, 0.717) is 5.41 Å². The van der Waals surface area contributed by atoms with Crippen LogP contribution in [0.2, 0.25) is 0 Å². The summed E-state index contributed by atoms with van der Waals surface area (Å²) in [6, 6.07) is 8.87. The molecule has 88 valence electrons. The van der Waals surface area contributed by atoms with Crippen molar-refractivity contribution in [2.24, 2.45) is 11.3 Å². The molecule has 1 heteroatoms. The molecule has 1 aliphatic carbocycles. The Balaban J connectivity index is 1.79. The van der Waals surface area contributed by atoms with Crippen molar-refractivity contribution in [3.05, 3.63) is 35.4 Å². The van der Waals surface area contributed by atoms with Crippen molar-refractivity contribution in [2.45, 2.75) is 33.6 Å². The Kier molecular flexibility index (Phi) is 3.34. The largest absolute Gasteiger partial charge is 0.316 e. The molecule has 0 amide bonds. The summed E-state index contributed by atoms with van der Waals surface area (Å²) in [7, 11) is 0. The molecule has 0 fully saturated rings. The summed E-state index contributed by atoms with van der Waals surface area (Å²) >= 11 is 0. The first-order valence-corrected chi connectivity index (χ1v) is 6.32. The van der Waals surface area contributed by atoms with Crippen LogP contribution in [-0.2, 0) is 12.8 Å². The standard InChI is InChI=1S/C15H23N/c1-15(2,3)11-16-10-12-8-13-6-4-5-7-14(13)9-12/h4-7,12,16H,8-11H2,1-3H3. The van der Waals surface area contributed by atoms with Gasteiger partial charge in [-0.1, -0.05) is 45.0 Å². The maximum absolute atomic E-state index is 3.60. The molecule has 0 saturated heterocycles. The normalized spacial score (nSPS) is 16.4. The van der Waals surface area contributed by atoms with Crippen LogP contribution in [0.5, 0.6) is 0 Å². The van der Waals surface area contributed by atoms with E-state index in [0.717, 1.165) is 19.0 Å². The van der Waals surface area contributed by atoms with E-state index in [1.165, 1.54) is 12.8 Å². The molecule has 0 aromatic heterocycles. The minimum atomic E-state index is 0.394. The summed E-state index contributed by atoms with van der Waals surface area (Å²) in [6.45, 7) is 9.11. The monoisotopic (exact) mass is 217 g/mol. The average molecular weight is 217 g/mol. The molecule has 0 unspecified atom stereocenters. The number of benzene rings is 1. The lowest BCUT2D eigenvalue weighted by Crippen LogP contribution is -2.31. The highest BCUT2D eigenvalue weighted by molar-refractivity contribution is 5.32. The van der Waals surface area contributed by atoms with E-state index in [2.05, 4.69) is 50.4 Å². The lowest BCUT2D eigenvalue weighted by molar-refractivity contribution is 0.360. The number of hydrogen-bond donors (Lipinski definition) is 1. The smallest absolute Gasteiger partial charge is 0.000000512 e. The predicted molar refractivity (Wildman–Crippen MR) is 69.7 cm³/mol. The van der Waals surface area contributed by atoms with Gasteiger partial charge in [-0.3, -0.25) is 0 Å². The molecule has 1 aliphatic rings. The van der Waals surface area contributed by atoms with Gasteiger partial charge in [-0.05, 0) is 48.4 Å². The Morgan fingerprint density at radius 3 is 2.19 bits per heavy atom. The van der Waals surface area contributed by atoms with Crippen LogP contribution in [0, 0.1) is 11.3 Å². The fourth-order valence-electron chi connectivity index (χ4n) is 2.45. The predicted octanol–water partition coefficient (Wildman–Crippen LogP) is 3.04. The molecule has 1 nitrogen and oxygen atoms in total. The van der Waals surface area contributed by atoms with E-state index < -0.39 is 0 Å². The second kappa shape index (κ2) is 4.58. The van der Waals surface area contributed by atoms with Crippen LogP contribution >= 0.6 is 0 Å². The van der Waals surface area contributed by atoms with Crippen LogP contribution in [0.4, 0.5) is 0 Å². The van der Waals surface area contributed by atoms with E-state index in [-0.39, 0.29) is 0 Å². The van der Waals surface area contributed by atoms with Crippen LogP contribution in [-0.4, -0.2) is 13.1 Å². The minimum Gasteiger partial charge on any atom is -0.316 e. The van der Waals surface area contributed by atoms with Crippen LogP contribution in [0.25, 0.3) is 0 Å². The van der Waals surface area contributed by atoms with Gasteiger partial charge in [0.1, 0.15) is 0 Å². The molecule has 0 radical (unpaired) electrons. The first kappa shape index (κ1) is 11.7. The van der Waals surface area contributed by atoms with Gasteiger partial charge < -0.3 is 5.32 Å². The van der Waals surface area contributed by atoms with Crippen molar-refractivity contribution in [1.29, 1.82) is 0 Å². The molecule has 1 aromatic carbocycles. The zero-order valence-electron chi connectivity index (χ0n) is 10.7. The summed E-state index contributed by atoms with van der Waals surface area (Å²) in [4.78, 5) is 0. The van der Waals surface area contributed by atoms with E-state index in [9.17, 15) is 0 Å². The van der Waals surface area contributed by atoms with Gasteiger partial charge in [0, 0.05) is 0 Å². The fraction of sp³-hybridized carbons (Fsp3) is 0.600. The quantitative estimate of drug-likeness (QED) is 0.820. The van der Waals surface area contributed by atoms with Gasteiger partial charge >= 0.3 is 0 Å². The Bertz CT molecular complexity index is 324. The van der Waals surface area contributed by atoms with Crippen molar-refractivity contribution in [1.82, 2.24) is 5.32 Å². The van der Waals surface area contributed by atoms with Crippen LogP contribution in [0.15, 0.2) is 24.3 Å². The maximum Gasteiger partial charge on any atom is -0.000000512 e. The Hall–Kier alpha value is -0.820. The first-order valence-electron chi connectivity index (χ1n) is 6.32. The van der Waals surface area contributed by atoms with Crippen molar-refractivity contribution < 1.29 is 0 Å². The molecule has 16 heavy (non-hydrogen) atoms. The number of hydrogen-bond acceptors (Lipinski definition) is 1. The third kappa shape index (κ3) is 3.08. The Morgan fingerprint density at radius 2 is 1.69 bits per heavy atom. The van der Waals surface area contributed by atoms with E-state index in [1.54, 1.807) is 11.1 Å². The Labute approximate surface area is 99.3 Å². The third-order valence-corrected chi connectivity index (χ3v) is 3.22. The molecule has 1 N–H and O–H groups in total. The van der Waals surface area contributed by atoms with E-state index in [1.807, 2.05) is 0 Å². The zero-order chi connectivity index (χ0) is 11.6. The molecule has 0 heterocycles. The lowest BCUT2D eigenvalue weighted by atomic mass is 9.96. The highest BCUT2D eigenvalue weighted by Gasteiger charge is 2.20. The molecule has 0 spiro atoms. The van der Waals surface area contributed by atoms with Gasteiger partial charge in [-0.2, -0.15) is 0 Å². The minimum absolute atomic E-state index is 0.394. The molecule has 2 rings (SSSR count). The molecular formula is C15H23N. The van der Waals surface area contributed by atoms with Crippen molar-refractivity contribution in [3.8, 4) is 0 Å². The summed E-state index contributed by atoms with van der Waals surface area (Å²) in [5.74, 6) is 0.805. The highest BCUT2D eigenvalue weighted by Crippen LogP contribution is 2.25. The van der Waals surface area contributed by atoms with Crippen LogP contribution in [0.3, 0.4) is 0 Å². The lowest BCUT2D eigenvalue weighted by Gasteiger charge is -2.20. The molecule has 0 aliphatic heterocycles. The highest BCUT2D eigenvalue weighted by atomic mass is 14.9. The first-order chi connectivity index (χ1) is 7.54.